The van der Waals surface area contributed by atoms with Crippen molar-refractivity contribution >= 4 is 11.8 Å². The van der Waals surface area contributed by atoms with Gasteiger partial charge in [0.05, 0.1) is 13.2 Å². The topological polar surface area (TPSA) is 81.4 Å². The van der Waals surface area contributed by atoms with Crippen LogP contribution in [0.1, 0.15) is 38.3 Å². The van der Waals surface area contributed by atoms with Crippen LogP contribution in [0.2, 0.25) is 0 Å². The Bertz CT molecular complexity index is 457. The van der Waals surface area contributed by atoms with Gasteiger partial charge in [-0.2, -0.15) is 0 Å². The van der Waals surface area contributed by atoms with Crippen LogP contribution in [0, 0.1) is 5.92 Å². The van der Waals surface area contributed by atoms with E-state index in [0.717, 1.165) is 11.3 Å². The fourth-order valence-electron chi connectivity index (χ4n) is 1.78. The van der Waals surface area contributed by atoms with Crippen LogP contribution in [0.4, 0.5) is 0 Å². The average Bonchev–Trinajstić information content (AvgIpc) is 2.44. The molecule has 3 N–H and O–H groups in total. The monoisotopic (exact) mass is 278 g/mol. The van der Waals surface area contributed by atoms with E-state index in [-0.39, 0.29) is 23.8 Å². The van der Waals surface area contributed by atoms with Gasteiger partial charge in [-0.1, -0.05) is 19.1 Å². The fraction of sp³-hybridized carbons (Fsp3) is 0.467. The summed E-state index contributed by atoms with van der Waals surface area (Å²) in [5, 5.41) is 2.90. The van der Waals surface area contributed by atoms with Gasteiger partial charge in [-0.3, -0.25) is 9.59 Å². The van der Waals surface area contributed by atoms with E-state index in [4.69, 9.17) is 10.5 Å². The first-order chi connectivity index (χ1) is 9.43. The molecule has 2 amide bonds. The van der Waals surface area contributed by atoms with E-state index >= 15 is 0 Å². The molecular weight excluding hydrogens is 256 g/mol. The average molecular weight is 278 g/mol. The van der Waals surface area contributed by atoms with E-state index < -0.39 is 0 Å². The van der Waals surface area contributed by atoms with Crippen LogP contribution in [0.25, 0.3) is 0 Å². The van der Waals surface area contributed by atoms with E-state index in [9.17, 15) is 9.59 Å². The number of nitrogens with two attached hydrogens (primary N) is 1. The van der Waals surface area contributed by atoms with E-state index in [1.165, 1.54) is 0 Å². The molecule has 1 aromatic carbocycles. The highest BCUT2D eigenvalue weighted by Gasteiger charge is 2.13. The lowest BCUT2D eigenvalue weighted by molar-refractivity contribution is -0.123. The molecule has 0 radical (unpaired) electrons. The van der Waals surface area contributed by atoms with Crippen molar-refractivity contribution in [3.8, 4) is 5.75 Å². The number of carbonyl (C=O) groups is 2. The van der Waals surface area contributed by atoms with Gasteiger partial charge in [0.1, 0.15) is 5.75 Å². The highest BCUT2D eigenvalue weighted by molar-refractivity contribution is 5.79. The lowest BCUT2D eigenvalue weighted by Gasteiger charge is -2.15. The van der Waals surface area contributed by atoms with E-state index in [2.05, 4.69) is 5.32 Å². The Morgan fingerprint density at radius 3 is 2.35 bits per heavy atom. The minimum atomic E-state index is -0.374. The predicted molar refractivity (Wildman–Crippen MR) is 77.1 cm³/mol. The Kier molecular flexibility index (Phi) is 6.03. The summed E-state index contributed by atoms with van der Waals surface area (Å²) in [4.78, 5) is 22.7. The number of rotatable bonds is 7. The first-order valence-corrected chi connectivity index (χ1v) is 6.66. The number of benzene rings is 1. The van der Waals surface area contributed by atoms with Crippen molar-refractivity contribution in [1.82, 2.24) is 5.32 Å². The SMILES string of the molecule is COc1ccc([C@H](C)NC(=O)CC[C@H](C)C(N)=O)cc1. The zero-order chi connectivity index (χ0) is 15.1. The Morgan fingerprint density at radius 2 is 1.85 bits per heavy atom. The minimum absolute atomic E-state index is 0.0820. The molecule has 1 rings (SSSR count). The summed E-state index contributed by atoms with van der Waals surface area (Å²) >= 11 is 0. The van der Waals surface area contributed by atoms with Gasteiger partial charge in [-0.25, -0.2) is 0 Å². The van der Waals surface area contributed by atoms with Crippen molar-refractivity contribution < 1.29 is 14.3 Å². The molecular formula is C15H22N2O3. The van der Waals surface area contributed by atoms with Crippen molar-refractivity contribution in [2.24, 2.45) is 11.7 Å². The second-order valence-corrected chi connectivity index (χ2v) is 4.90. The standard InChI is InChI=1S/C15H22N2O3/c1-10(15(16)19)4-9-14(18)17-11(2)12-5-7-13(20-3)8-6-12/h5-8,10-11H,4,9H2,1-3H3,(H2,16,19)(H,17,18)/t10-,11-/m0/s1. The summed E-state index contributed by atoms with van der Waals surface area (Å²) in [5.41, 5.74) is 6.16. The number of methoxy groups -OCH3 is 1. The second kappa shape index (κ2) is 7.53. The fourth-order valence-corrected chi connectivity index (χ4v) is 1.78. The first kappa shape index (κ1) is 16.0. The third-order valence-corrected chi connectivity index (χ3v) is 3.28. The molecule has 0 unspecified atom stereocenters. The summed E-state index contributed by atoms with van der Waals surface area (Å²) < 4.78 is 5.09. The molecule has 0 aliphatic heterocycles. The van der Waals surface area contributed by atoms with E-state index in [0.29, 0.717) is 12.8 Å². The van der Waals surface area contributed by atoms with Gasteiger partial charge in [-0.05, 0) is 31.0 Å². The number of carbonyl (C=O) groups excluding carboxylic acids is 2. The van der Waals surface area contributed by atoms with Gasteiger partial charge < -0.3 is 15.8 Å². The summed E-state index contributed by atoms with van der Waals surface area (Å²) in [6.07, 6.45) is 0.765. The van der Waals surface area contributed by atoms with Gasteiger partial charge in [-0.15, -0.1) is 0 Å². The van der Waals surface area contributed by atoms with Crippen LogP contribution < -0.4 is 15.8 Å². The largest absolute Gasteiger partial charge is 0.497 e. The van der Waals surface area contributed by atoms with Gasteiger partial charge >= 0.3 is 0 Å². The van der Waals surface area contributed by atoms with Crippen molar-refractivity contribution in [3.63, 3.8) is 0 Å². The van der Waals surface area contributed by atoms with Crippen molar-refractivity contribution in [3.05, 3.63) is 29.8 Å². The Morgan fingerprint density at radius 1 is 1.25 bits per heavy atom. The molecule has 20 heavy (non-hydrogen) atoms. The number of primary amides is 1. The molecule has 0 saturated carbocycles. The van der Waals surface area contributed by atoms with Crippen LogP contribution in [0.15, 0.2) is 24.3 Å². The Labute approximate surface area is 119 Å². The molecule has 1 aromatic rings. The number of hydrogen-bond donors (Lipinski definition) is 2. The molecule has 5 nitrogen and oxygen atoms in total. The number of hydrogen-bond acceptors (Lipinski definition) is 3. The molecule has 0 aliphatic rings. The lowest BCUT2D eigenvalue weighted by Crippen LogP contribution is -2.28. The molecule has 0 saturated heterocycles. The lowest BCUT2D eigenvalue weighted by atomic mass is 10.0. The van der Waals surface area contributed by atoms with Crippen LogP contribution in [0.5, 0.6) is 5.75 Å². The van der Waals surface area contributed by atoms with Gasteiger partial charge in [0.25, 0.3) is 0 Å². The first-order valence-electron chi connectivity index (χ1n) is 6.66. The highest BCUT2D eigenvalue weighted by Crippen LogP contribution is 2.17. The summed E-state index contributed by atoms with van der Waals surface area (Å²) in [6, 6.07) is 7.45. The Hall–Kier alpha value is -2.04. The maximum atomic E-state index is 11.8. The maximum absolute atomic E-state index is 11.8. The minimum Gasteiger partial charge on any atom is -0.497 e. The normalized spacial score (nSPS) is 13.3. The maximum Gasteiger partial charge on any atom is 0.220 e. The molecule has 0 spiro atoms. The zero-order valence-corrected chi connectivity index (χ0v) is 12.2. The van der Waals surface area contributed by atoms with Gasteiger partial charge in [0.2, 0.25) is 11.8 Å². The van der Waals surface area contributed by atoms with Gasteiger partial charge in [0.15, 0.2) is 0 Å². The third-order valence-electron chi connectivity index (χ3n) is 3.28. The molecule has 0 heterocycles. The Balaban J connectivity index is 2.46. The quantitative estimate of drug-likeness (QED) is 0.797. The van der Waals surface area contributed by atoms with Crippen molar-refractivity contribution in [2.75, 3.05) is 7.11 Å². The summed E-state index contributed by atoms with van der Waals surface area (Å²) in [6.45, 7) is 3.64. The van der Waals surface area contributed by atoms with Crippen molar-refractivity contribution in [1.29, 1.82) is 0 Å². The number of nitrogens with one attached hydrogen (secondary N) is 1. The van der Waals surface area contributed by atoms with Crippen LogP contribution in [-0.2, 0) is 9.59 Å². The summed E-state index contributed by atoms with van der Waals surface area (Å²) in [7, 11) is 1.61. The summed E-state index contributed by atoms with van der Waals surface area (Å²) in [5.74, 6) is 0.0435. The number of amides is 2. The van der Waals surface area contributed by atoms with Crippen LogP contribution in [-0.4, -0.2) is 18.9 Å². The molecule has 0 fully saturated rings. The molecule has 110 valence electrons. The zero-order valence-electron chi connectivity index (χ0n) is 12.2. The van der Waals surface area contributed by atoms with E-state index in [1.54, 1.807) is 14.0 Å². The van der Waals surface area contributed by atoms with Gasteiger partial charge in [0, 0.05) is 12.3 Å². The smallest absolute Gasteiger partial charge is 0.220 e. The predicted octanol–water partition coefficient (Wildman–Crippen LogP) is 1.77. The molecule has 0 bridgehead atoms. The molecule has 2 atom stereocenters. The molecule has 0 aromatic heterocycles. The van der Waals surface area contributed by atoms with Crippen molar-refractivity contribution in [2.45, 2.75) is 32.7 Å². The third kappa shape index (κ3) is 4.91. The highest BCUT2D eigenvalue weighted by atomic mass is 16.5. The van der Waals surface area contributed by atoms with Crippen LogP contribution in [0.3, 0.4) is 0 Å². The number of ether oxygens (including phenoxy) is 1. The van der Waals surface area contributed by atoms with Crippen LogP contribution >= 0.6 is 0 Å². The second-order valence-electron chi connectivity index (χ2n) is 4.90. The molecule has 0 aliphatic carbocycles. The van der Waals surface area contributed by atoms with E-state index in [1.807, 2.05) is 31.2 Å². The molecule has 5 heteroatoms.